The lowest BCUT2D eigenvalue weighted by Gasteiger charge is -2.25. The molecule has 0 radical (unpaired) electrons. The van der Waals surface area contributed by atoms with Gasteiger partial charge in [0.05, 0.1) is 12.2 Å². The average molecular weight is 413 g/mol. The third-order valence-corrected chi connectivity index (χ3v) is 4.50. The van der Waals surface area contributed by atoms with Crippen LogP contribution < -0.4 is 15.6 Å². The van der Waals surface area contributed by atoms with Crippen LogP contribution in [0.2, 0.25) is 0 Å². The maximum atomic E-state index is 13.2. The highest BCUT2D eigenvalue weighted by Gasteiger charge is 2.32. The third kappa shape index (κ3) is 4.89. The molecule has 8 heteroatoms. The molecule has 0 aliphatic carbocycles. The number of aromatic nitrogens is 2. The molecule has 1 aromatic heterocycles. The quantitative estimate of drug-likeness (QED) is 0.604. The molecule has 0 bridgehead atoms. The number of hydrogen-bond donors (Lipinski definition) is 1. The molecule has 0 atom stereocenters. The standard InChI is InChI=1S/C22H21F2N3O3/c1-22(2,21(29)25-13-14-30-18-9-7-17(24)8-10-18)27-20(28)12-11-19(26-27)15-3-5-16(23)6-4-15/h3-12H,13-14H2,1-2H3,(H,25,29). The molecule has 30 heavy (non-hydrogen) atoms. The van der Waals surface area contributed by atoms with Crippen LogP contribution in [0.5, 0.6) is 5.75 Å². The maximum Gasteiger partial charge on any atom is 0.267 e. The number of hydrogen-bond acceptors (Lipinski definition) is 4. The molecule has 1 amide bonds. The lowest BCUT2D eigenvalue weighted by atomic mass is 10.0. The summed E-state index contributed by atoms with van der Waals surface area (Å²) in [5.41, 5.74) is -0.657. The summed E-state index contributed by atoms with van der Waals surface area (Å²) < 4.78 is 32.6. The zero-order chi connectivity index (χ0) is 21.7. The Bertz CT molecular complexity index is 1080. The van der Waals surface area contributed by atoms with Gasteiger partial charge in [-0.3, -0.25) is 9.59 Å². The van der Waals surface area contributed by atoms with E-state index in [1.165, 1.54) is 48.5 Å². The van der Waals surface area contributed by atoms with Crippen LogP contribution in [0.3, 0.4) is 0 Å². The Balaban J connectivity index is 1.68. The molecule has 3 aromatic rings. The molecule has 1 heterocycles. The predicted molar refractivity (Wildman–Crippen MR) is 108 cm³/mol. The van der Waals surface area contributed by atoms with Gasteiger partial charge in [-0.05, 0) is 68.4 Å². The molecule has 0 spiro atoms. The van der Waals surface area contributed by atoms with Crippen molar-refractivity contribution in [3.63, 3.8) is 0 Å². The maximum absolute atomic E-state index is 13.2. The second-order valence-corrected chi connectivity index (χ2v) is 7.09. The van der Waals surface area contributed by atoms with E-state index in [9.17, 15) is 18.4 Å². The van der Waals surface area contributed by atoms with Crippen molar-refractivity contribution in [3.8, 4) is 17.0 Å². The fourth-order valence-electron chi connectivity index (χ4n) is 2.76. The Kier molecular flexibility index (Phi) is 6.25. The van der Waals surface area contributed by atoms with Gasteiger partial charge in [-0.25, -0.2) is 13.5 Å². The topological polar surface area (TPSA) is 73.2 Å². The highest BCUT2D eigenvalue weighted by atomic mass is 19.1. The fraction of sp³-hybridized carbons (Fsp3) is 0.227. The van der Waals surface area contributed by atoms with Crippen molar-refractivity contribution in [1.82, 2.24) is 15.1 Å². The lowest BCUT2D eigenvalue weighted by Crippen LogP contribution is -2.50. The molecule has 0 fully saturated rings. The van der Waals surface area contributed by atoms with E-state index < -0.39 is 17.0 Å². The van der Waals surface area contributed by atoms with Crippen molar-refractivity contribution >= 4 is 5.91 Å². The molecule has 2 aromatic carbocycles. The zero-order valence-corrected chi connectivity index (χ0v) is 16.6. The smallest absolute Gasteiger partial charge is 0.267 e. The van der Waals surface area contributed by atoms with Crippen LogP contribution in [0.1, 0.15) is 13.8 Å². The number of carbonyl (C=O) groups is 1. The van der Waals surface area contributed by atoms with Gasteiger partial charge in [-0.2, -0.15) is 5.10 Å². The van der Waals surface area contributed by atoms with E-state index in [-0.39, 0.29) is 24.8 Å². The number of ether oxygens (including phenoxy) is 1. The summed E-state index contributed by atoms with van der Waals surface area (Å²) in [4.78, 5) is 25.1. The minimum atomic E-state index is -1.27. The molecule has 0 unspecified atom stereocenters. The van der Waals surface area contributed by atoms with Crippen LogP contribution in [0, 0.1) is 11.6 Å². The second-order valence-electron chi connectivity index (χ2n) is 7.09. The third-order valence-electron chi connectivity index (χ3n) is 4.50. The largest absolute Gasteiger partial charge is 0.492 e. The monoisotopic (exact) mass is 413 g/mol. The molecule has 1 N–H and O–H groups in total. The van der Waals surface area contributed by atoms with Gasteiger partial charge in [0, 0.05) is 11.6 Å². The van der Waals surface area contributed by atoms with Gasteiger partial charge in [0.2, 0.25) is 5.91 Å². The van der Waals surface area contributed by atoms with Crippen LogP contribution in [-0.4, -0.2) is 28.8 Å². The van der Waals surface area contributed by atoms with E-state index in [0.29, 0.717) is 17.0 Å². The van der Waals surface area contributed by atoms with E-state index >= 15 is 0 Å². The Labute approximate surface area is 172 Å². The van der Waals surface area contributed by atoms with Gasteiger partial charge in [-0.15, -0.1) is 0 Å². The minimum absolute atomic E-state index is 0.172. The number of rotatable bonds is 7. The Morgan fingerprint density at radius 3 is 2.23 bits per heavy atom. The Hall–Kier alpha value is -3.55. The molecule has 0 aliphatic rings. The lowest BCUT2D eigenvalue weighted by molar-refractivity contribution is -0.129. The second kappa shape index (κ2) is 8.86. The van der Waals surface area contributed by atoms with Gasteiger partial charge in [-0.1, -0.05) is 0 Å². The number of nitrogens with one attached hydrogen (secondary N) is 1. The molecule has 156 valence electrons. The fourth-order valence-corrected chi connectivity index (χ4v) is 2.76. The van der Waals surface area contributed by atoms with E-state index in [4.69, 9.17) is 4.74 Å². The first-order valence-corrected chi connectivity index (χ1v) is 9.31. The van der Waals surface area contributed by atoms with Crippen LogP contribution in [0.25, 0.3) is 11.3 Å². The molecule has 0 aliphatic heterocycles. The normalized spacial score (nSPS) is 11.2. The minimum Gasteiger partial charge on any atom is -0.492 e. The van der Waals surface area contributed by atoms with Gasteiger partial charge in [0.15, 0.2) is 0 Å². The van der Waals surface area contributed by atoms with Gasteiger partial charge >= 0.3 is 0 Å². The summed E-state index contributed by atoms with van der Waals surface area (Å²) in [6.07, 6.45) is 0. The van der Waals surface area contributed by atoms with Crippen molar-refractivity contribution in [3.05, 3.63) is 82.7 Å². The average Bonchev–Trinajstić information content (AvgIpc) is 2.73. The molecule has 6 nitrogen and oxygen atoms in total. The zero-order valence-electron chi connectivity index (χ0n) is 16.6. The van der Waals surface area contributed by atoms with Crippen molar-refractivity contribution < 1.29 is 18.3 Å². The Morgan fingerprint density at radius 2 is 1.60 bits per heavy atom. The molecular weight excluding hydrogens is 392 g/mol. The van der Waals surface area contributed by atoms with Crippen LogP contribution in [0.15, 0.2) is 65.5 Å². The Morgan fingerprint density at radius 1 is 1.00 bits per heavy atom. The van der Waals surface area contributed by atoms with Crippen molar-refractivity contribution in [2.75, 3.05) is 13.2 Å². The summed E-state index contributed by atoms with van der Waals surface area (Å²) in [6.45, 7) is 3.51. The predicted octanol–water partition coefficient (Wildman–Crippen LogP) is 3.12. The van der Waals surface area contributed by atoms with Crippen LogP contribution in [0.4, 0.5) is 8.78 Å². The molecule has 0 saturated heterocycles. The van der Waals surface area contributed by atoms with Gasteiger partial charge in [0.1, 0.15) is 29.5 Å². The van der Waals surface area contributed by atoms with E-state index in [0.717, 1.165) is 4.68 Å². The highest BCUT2D eigenvalue weighted by Crippen LogP contribution is 2.18. The van der Waals surface area contributed by atoms with Crippen LogP contribution in [-0.2, 0) is 10.3 Å². The van der Waals surface area contributed by atoms with Crippen molar-refractivity contribution in [2.45, 2.75) is 19.4 Å². The number of amides is 1. The number of carbonyl (C=O) groups excluding carboxylic acids is 1. The highest BCUT2D eigenvalue weighted by molar-refractivity contribution is 5.83. The molecule has 3 rings (SSSR count). The van der Waals surface area contributed by atoms with Crippen LogP contribution >= 0.6 is 0 Å². The first-order valence-electron chi connectivity index (χ1n) is 9.31. The van der Waals surface area contributed by atoms with E-state index in [1.54, 1.807) is 26.0 Å². The van der Waals surface area contributed by atoms with E-state index in [1.807, 2.05) is 0 Å². The van der Waals surface area contributed by atoms with Gasteiger partial charge < -0.3 is 10.1 Å². The molecule has 0 saturated carbocycles. The number of nitrogens with zero attached hydrogens (tertiary/aromatic N) is 2. The first kappa shape index (κ1) is 21.2. The summed E-state index contributed by atoms with van der Waals surface area (Å²) in [7, 11) is 0. The first-order chi connectivity index (χ1) is 14.3. The molecular formula is C22H21F2N3O3. The summed E-state index contributed by atoms with van der Waals surface area (Å²) in [5, 5.41) is 7.01. The summed E-state index contributed by atoms with van der Waals surface area (Å²) in [6, 6.07) is 14.1. The SMILES string of the molecule is CC(C)(C(=O)NCCOc1ccc(F)cc1)n1nc(-c2ccc(F)cc2)ccc1=O. The van der Waals surface area contributed by atoms with Crippen molar-refractivity contribution in [2.24, 2.45) is 0 Å². The van der Waals surface area contributed by atoms with Gasteiger partial charge in [0.25, 0.3) is 5.56 Å². The van der Waals surface area contributed by atoms with Crippen molar-refractivity contribution in [1.29, 1.82) is 0 Å². The van der Waals surface area contributed by atoms with E-state index in [2.05, 4.69) is 10.4 Å². The summed E-state index contributed by atoms with van der Waals surface area (Å²) in [5.74, 6) is -0.682. The number of halogens is 2. The number of benzene rings is 2. The summed E-state index contributed by atoms with van der Waals surface area (Å²) >= 11 is 0.